The first kappa shape index (κ1) is 18.3. The van der Waals surface area contributed by atoms with Crippen LogP contribution in [0.4, 0.5) is 5.82 Å². The highest BCUT2D eigenvalue weighted by molar-refractivity contribution is 9.10. The number of hydrogen-bond acceptors (Lipinski definition) is 5. The van der Waals surface area contributed by atoms with Gasteiger partial charge < -0.3 is 14.8 Å². The molecule has 3 aromatic rings. The second-order valence-electron chi connectivity index (χ2n) is 5.73. The Morgan fingerprint density at radius 1 is 1.27 bits per heavy atom. The predicted molar refractivity (Wildman–Crippen MR) is 104 cm³/mol. The minimum atomic E-state index is -0.274. The fourth-order valence-corrected chi connectivity index (χ4v) is 2.77. The largest absolute Gasteiger partial charge is 0.487 e. The minimum Gasteiger partial charge on any atom is -0.487 e. The van der Waals surface area contributed by atoms with Gasteiger partial charge in [-0.3, -0.25) is 4.79 Å². The highest BCUT2D eigenvalue weighted by Crippen LogP contribution is 2.27. The molecular formula is C19H18BrN3O3. The van der Waals surface area contributed by atoms with Gasteiger partial charge in [-0.25, -0.2) is 9.97 Å². The molecule has 7 heteroatoms. The molecule has 0 bridgehead atoms. The molecule has 0 spiro atoms. The molecule has 0 aliphatic carbocycles. The van der Waals surface area contributed by atoms with E-state index in [1.807, 2.05) is 25.1 Å². The maximum absolute atomic E-state index is 12.6. The number of rotatable bonds is 6. The first-order valence-electron chi connectivity index (χ1n) is 8.05. The molecule has 0 aliphatic heterocycles. The van der Waals surface area contributed by atoms with Crippen LogP contribution < -0.4 is 10.1 Å². The van der Waals surface area contributed by atoms with Gasteiger partial charge in [0.15, 0.2) is 5.65 Å². The Hall–Kier alpha value is -2.51. The fraction of sp³-hybridized carbons (Fsp3) is 0.211. The molecule has 2 aromatic heterocycles. The maximum atomic E-state index is 12.6. The van der Waals surface area contributed by atoms with Crippen LogP contribution in [0.25, 0.3) is 11.0 Å². The number of aromatic nitrogens is 2. The molecule has 1 aromatic carbocycles. The van der Waals surface area contributed by atoms with Crippen LogP contribution in [0.3, 0.4) is 0 Å². The van der Waals surface area contributed by atoms with Crippen molar-refractivity contribution in [2.75, 3.05) is 19.0 Å². The summed E-state index contributed by atoms with van der Waals surface area (Å²) in [6.07, 6.45) is 1.53. The topological polar surface area (TPSA) is 73.3 Å². The third-order valence-corrected chi connectivity index (χ3v) is 4.28. The SMILES string of the molecule is COCC(C)Oc1cc(C(=O)Nc2ccc3cccnc3n2)ccc1Br. The van der Waals surface area contributed by atoms with E-state index in [4.69, 9.17) is 9.47 Å². The van der Waals surface area contributed by atoms with Crippen LogP contribution in [-0.2, 0) is 4.74 Å². The van der Waals surface area contributed by atoms with E-state index < -0.39 is 0 Å². The van der Waals surface area contributed by atoms with Crippen LogP contribution in [0, 0.1) is 0 Å². The Balaban J connectivity index is 1.78. The van der Waals surface area contributed by atoms with Crippen molar-refractivity contribution in [3.63, 3.8) is 0 Å². The number of methoxy groups -OCH3 is 1. The van der Waals surface area contributed by atoms with Crippen LogP contribution in [0.15, 0.2) is 53.1 Å². The summed E-state index contributed by atoms with van der Waals surface area (Å²) in [7, 11) is 1.62. The number of ether oxygens (including phenoxy) is 2. The van der Waals surface area contributed by atoms with Crippen molar-refractivity contribution in [3.05, 3.63) is 58.7 Å². The van der Waals surface area contributed by atoms with Gasteiger partial charge in [0.2, 0.25) is 0 Å². The molecule has 3 rings (SSSR count). The van der Waals surface area contributed by atoms with Crippen LogP contribution in [0.2, 0.25) is 0 Å². The van der Waals surface area contributed by atoms with E-state index in [9.17, 15) is 4.79 Å². The lowest BCUT2D eigenvalue weighted by Gasteiger charge is -2.16. The van der Waals surface area contributed by atoms with Crippen LogP contribution >= 0.6 is 15.9 Å². The zero-order valence-electron chi connectivity index (χ0n) is 14.4. The standard InChI is InChI=1S/C19H18BrN3O3/c1-12(11-25-2)26-16-10-14(5-7-15(16)20)19(24)23-17-8-6-13-4-3-9-21-18(13)22-17/h3-10,12H,11H2,1-2H3,(H,21,22,23,24). The van der Waals surface area contributed by atoms with Crippen molar-refractivity contribution in [2.45, 2.75) is 13.0 Å². The molecule has 1 unspecified atom stereocenters. The van der Waals surface area contributed by atoms with Gasteiger partial charge in [0.25, 0.3) is 5.91 Å². The molecule has 0 fully saturated rings. The number of pyridine rings is 2. The van der Waals surface area contributed by atoms with E-state index in [0.29, 0.717) is 29.4 Å². The number of benzene rings is 1. The quantitative estimate of drug-likeness (QED) is 0.656. The summed E-state index contributed by atoms with van der Waals surface area (Å²) in [6.45, 7) is 2.35. The Morgan fingerprint density at radius 3 is 2.92 bits per heavy atom. The van der Waals surface area contributed by atoms with Gasteiger partial charge in [-0.1, -0.05) is 0 Å². The molecule has 0 saturated carbocycles. The molecule has 6 nitrogen and oxygen atoms in total. The first-order valence-corrected chi connectivity index (χ1v) is 8.84. The molecule has 0 aliphatic rings. The Morgan fingerprint density at radius 2 is 2.12 bits per heavy atom. The molecule has 0 saturated heterocycles. The average Bonchev–Trinajstić information content (AvgIpc) is 2.63. The Bertz CT molecular complexity index is 933. The third kappa shape index (κ3) is 4.36. The summed E-state index contributed by atoms with van der Waals surface area (Å²) in [4.78, 5) is 21.1. The average molecular weight is 416 g/mol. The van der Waals surface area contributed by atoms with Crippen molar-refractivity contribution >= 4 is 38.7 Å². The number of fused-ring (bicyclic) bond motifs is 1. The van der Waals surface area contributed by atoms with Crippen molar-refractivity contribution in [1.29, 1.82) is 0 Å². The zero-order valence-corrected chi connectivity index (χ0v) is 16.0. The van der Waals surface area contributed by atoms with Crippen molar-refractivity contribution in [1.82, 2.24) is 9.97 Å². The van der Waals surface area contributed by atoms with Gasteiger partial charge in [-0.2, -0.15) is 0 Å². The van der Waals surface area contributed by atoms with E-state index in [-0.39, 0.29) is 12.0 Å². The van der Waals surface area contributed by atoms with E-state index in [1.165, 1.54) is 0 Å². The van der Waals surface area contributed by atoms with E-state index in [0.717, 1.165) is 9.86 Å². The summed E-state index contributed by atoms with van der Waals surface area (Å²) in [5, 5.41) is 3.70. The summed E-state index contributed by atoms with van der Waals surface area (Å²) in [6, 6.07) is 12.6. The zero-order chi connectivity index (χ0) is 18.5. The minimum absolute atomic E-state index is 0.136. The second-order valence-corrected chi connectivity index (χ2v) is 6.58. The van der Waals surface area contributed by atoms with Gasteiger partial charge in [0.1, 0.15) is 17.7 Å². The number of nitrogens with one attached hydrogen (secondary N) is 1. The molecule has 134 valence electrons. The van der Waals surface area contributed by atoms with E-state index in [1.54, 1.807) is 37.6 Å². The van der Waals surface area contributed by atoms with Gasteiger partial charge in [0.05, 0.1) is 11.1 Å². The fourth-order valence-electron chi connectivity index (χ4n) is 2.43. The van der Waals surface area contributed by atoms with Gasteiger partial charge in [-0.05, 0) is 65.3 Å². The van der Waals surface area contributed by atoms with Crippen LogP contribution in [0.1, 0.15) is 17.3 Å². The molecule has 1 N–H and O–H groups in total. The Labute approximate surface area is 159 Å². The van der Waals surface area contributed by atoms with E-state index >= 15 is 0 Å². The monoisotopic (exact) mass is 415 g/mol. The lowest BCUT2D eigenvalue weighted by atomic mass is 10.2. The number of anilines is 1. The molecule has 2 heterocycles. The predicted octanol–water partition coefficient (Wildman–Crippen LogP) is 4.06. The summed E-state index contributed by atoms with van der Waals surface area (Å²) < 4.78 is 11.6. The summed E-state index contributed by atoms with van der Waals surface area (Å²) >= 11 is 3.44. The van der Waals surface area contributed by atoms with E-state index in [2.05, 4.69) is 31.2 Å². The Kier molecular flexibility index (Phi) is 5.80. The van der Waals surface area contributed by atoms with Gasteiger partial charge in [-0.15, -0.1) is 0 Å². The van der Waals surface area contributed by atoms with Crippen molar-refractivity contribution in [2.24, 2.45) is 0 Å². The van der Waals surface area contributed by atoms with Gasteiger partial charge >= 0.3 is 0 Å². The lowest BCUT2D eigenvalue weighted by molar-refractivity contribution is 0.0912. The second kappa shape index (κ2) is 8.25. The lowest BCUT2D eigenvalue weighted by Crippen LogP contribution is -2.19. The first-order chi connectivity index (χ1) is 12.6. The number of nitrogens with zero attached hydrogens (tertiary/aromatic N) is 2. The highest BCUT2D eigenvalue weighted by Gasteiger charge is 2.13. The van der Waals surface area contributed by atoms with Crippen LogP contribution in [0.5, 0.6) is 5.75 Å². The number of halogens is 1. The highest BCUT2D eigenvalue weighted by atomic mass is 79.9. The number of carbonyl (C=O) groups is 1. The summed E-state index contributed by atoms with van der Waals surface area (Å²) in [5.41, 5.74) is 1.05. The molecular weight excluding hydrogens is 398 g/mol. The van der Waals surface area contributed by atoms with Crippen molar-refractivity contribution < 1.29 is 14.3 Å². The smallest absolute Gasteiger partial charge is 0.256 e. The normalized spacial score (nSPS) is 12.0. The number of hydrogen-bond donors (Lipinski definition) is 1. The molecule has 1 atom stereocenters. The van der Waals surface area contributed by atoms with Crippen molar-refractivity contribution in [3.8, 4) is 5.75 Å². The van der Waals surface area contributed by atoms with Crippen LogP contribution in [-0.4, -0.2) is 35.7 Å². The third-order valence-electron chi connectivity index (χ3n) is 3.63. The number of amides is 1. The van der Waals surface area contributed by atoms with Gasteiger partial charge in [0, 0.05) is 24.3 Å². The summed E-state index contributed by atoms with van der Waals surface area (Å²) in [5.74, 6) is 0.749. The maximum Gasteiger partial charge on any atom is 0.256 e. The number of carbonyl (C=O) groups excluding carboxylic acids is 1. The molecule has 1 amide bonds. The molecule has 26 heavy (non-hydrogen) atoms. The molecule has 0 radical (unpaired) electrons.